The summed E-state index contributed by atoms with van der Waals surface area (Å²) in [5.74, 6) is 0.0970. The average Bonchev–Trinajstić information content (AvgIpc) is 3.37. The molecular weight excluding hydrogens is 314 g/mol. The number of imidazole rings is 1. The number of likely N-dealkylation sites (tertiary alicyclic amines) is 1. The zero-order chi connectivity index (χ0) is 17.1. The minimum absolute atomic E-state index is 0.0970. The van der Waals surface area contributed by atoms with E-state index < -0.39 is 6.04 Å². The van der Waals surface area contributed by atoms with Gasteiger partial charge in [-0.25, -0.2) is 4.98 Å². The molecule has 0 unspecified atom stereocenters. The number of carbonyl (C=O) groups is 1. The lowest BCUT2D eigenvalue weighted by molar-refractivity contribution is -0.135. The molecule has 1 fully saturated rings. The molecule has 0 spiro atoms. The van der Waals surface area contributed by atoms with Crippen LogP contribution in [0.1, 0.15) is 30.5 Å². The van der Waals surface area contributed by atoms with Gasteiger partial charge in [-0.2, -0.15) is 5.10 Å². The molecule has 1 aromatic carbocycles. The van der Waals surface area contributed by atoms with E-state index in [2.05, 4.69) is 14.6 Å². The van der Waals surface area contributed by atoms with Gasteiger partial charge in [0, 0.05) is 37.9 Å². The second-order valence-corrected chi connectivity index (χ2v) is 6.39. The second kappa shape index (κ2) is 6.93. The SMILES string of the molecule is O=C([C@H](c1ccccc1)n1cccn1)N1CCC[C@@H](n2ccnc2)C1. The molecule has 128 valence electrons. The van der Waals surface area contributed by atoms with Crippen LogP contribution in [0.5, 0.6) is 0 Å². The molecule has 6 nitrogen and oxygen atoms in total. The summed E-state index contributed by atoms with van der Waals surface area (Å²) in [5.41, 5.74) is 0.959. The number of piperidine rings is 1. The Hall–Kier alpha value is -2.89. The van der Waals surface area contributed by atoms with Gasteiger partial charge in [0.2, 0.25) is 0 Å². The fourth-order valence-electron chi connectivity index (χ4n) is 3.53. The van der Waals surface area contributed by atoms with E-state index in [1.807, 2.05) is 60.0 Å². The van der Waals surface area contributed by atoms with Gasteiger partial charge in [-0.3, -0.25) is 9.48 Å². The van der Waals surface area contributed by atoms with Crippen molar-refractivity contribution in [2.45, 2.75) is 24.9 Å². The first-order chi connectivity index (χ1) is 12.3. The van der Waals surface area contributed by atoms with Crippen LogP contribution in [0.3, 0.4) is 0 Å². The van der Waals surface area contributed by atoms with Crippen molar-refractivity contribution in [2.75, 3.05) is 13.1 Å². The maximum Gasteiger partial charge on any atom is 0.252 e. The van der Waals surface area contributed by atoms with Crippen LogP contribution in [0.25, 0.3) is 0 Å². The second-order valence-electron chi connectivity index (χ2n) is 6.39. The predicted molar refractivity (Wildman–Crippen MR) is 93.9 cm³/mol. The van der Waals surface area contributed by atoms with E-state index in [1.54, 1.807) is 17.1 Å². The van der Waals surface area contributed by atoms with E-state index in [-0.39, 0.29) is 11.9 Å². The number of nitrogens with zero attached hydrogens (tertiary/aromatic N) is 5. The highest BCUT2D eigenvalue weighted by atomic mass is 16.2. The number of amides is 1. The highest BCUT2D eigenvalue weighted by Crippen LogP contribution is 2.26. The molecule has 0 aliphatic carbocycles. The topological polar surface area (TPSA) is 56.0 Å². The molecule has 0 N–H and O–H groups in total. The first-order valence-electron chi connectivity index (χ1n) is 8.63. The number of hydrogen-bond donors (Lipinski definition) is 0. The molecule has 0 radical (unpaired) electrons. The van der Waals surface area contributed by atoms with Crippen molar-refractivity contribution in [2.24, 2.45) is 0 Å². The zero-order valence-corrected chi connectivity index (χ0v) is 14.0. The lowest BCUT2D eigenvalue weighted by atomic mass is 10.0. The Bertz CT molecular complexity index is 798. The summed E-state index contributed by atoms with van der Waals surface area (Å²) in [6.07, 6.45) is 11.2. The van der Waals surface area contributed by atoms with Crippen LogP contribution in [0.4, 0.5) is 0 Å². The Balaban J connectivity index is 1.60. The van der Waals surface area contributed by atoms with Gasteiger partial charge in [0.1, 0.15) is 0 Å². The standard InChI is InChI=1S/C19H21N5O/c25-19(22-11-4-8-17(14-22)23-13-10-20-15-23)18(24-12-5-9-21-24)16-6-2-1-3-7-16/h1-3,5-7,9-10,12-13,15,17-18H,4,8,11,14H2/t17-,18+/m1/s1. The third-order valence-corrected chi connectivity index (χ3v) is 4.79. The van der Waals surface area contributed by atoms with Gasteiger partial charge >= 0.3 is 0 Å². The van der Waals surface area contributed by atoms with Crippen molar-refractivity contribution in [3.8, 4) is 0 Å². The van der Waals surface area contributed by atoms with E-state index in [4.69, 9.17) is 0 Å². The molecule has 3 heterocycles. The molecule has 2 aromatic heterocycles. The lowest BCUT2D eigenvalue weighted by Crippen LogP contribution is -2.44. The monoisotopic (exact) mass is 335 g/mol. The van der Waals surface area contributed by atoms with Crippen molar-refractivity contribution >= 4 is 5.91 Å². The minimum atomic E-state index is -0.419. The first-order valence-corrected chi connectivity index (χ1v) is 8.63. The smallest absolute Gasteiger partial charge is 0.252 e. The van der Waals surface area contributed by atoms with Crippen LogP contribution in [-0.2, 0) is 4.79 Å². The third-order valence-electron chi connectivity index (χ3n) is 4.79. The number of hydrogen-bond acceptors (Lipinski definition) is 3. The summed E-state index contributed by atoms with van der Waals surface area (Å²) >= 11 is 0. The Labute approximate surface area is 146 Å². The Morgan fingerprint density at radius 3 is 2.72 bits per heavy atom. The maximum atomic E-state index is 13.4. The molecule has 1 aliphatic rings. The van der Waals surface area contributed by atoms with Crippen molar-refractivity contribution < 1.29 is 4.79 Å². The van der Waals surface area contributed by atoms with Gasteiger partial charge < -0.3 is 9.47 Å². The van der Waals surface area contributed by atoms with Gasteiger partial charge in [-0.1, -0.05) is 30.3 Å². The molecule has 0 bridgehead atoms. The van der Waals surface area contributed by atoms with Crippen LogP contribution in [-0.4, -0.2) is 43.2 Å². The molecular formula is C19H21N5O. The summed E-state index contributed by atoms with van der Waals surface area (Å²) in [6, 6.07) is 11.6. The van der Waals surface area contributed by atoms with Crippen molar-refractivity contribution in [1.82, 2.24) is 24.2 Å². The summed E-state index contributed by atoms with van der Waals surface area (Å²) in [5, 5.41) is 4.33. The highest BCUT2D eigenvalue weighted by Gasteiger charge is 2.31. The van der Waals surface area contributed by atoms with E-state index in [0.717, 1.165) is 24.9 Å². The van der Waals surface area contributed by atoms with E-state index in [1.165, 1.54) is 0 Å². The molecule has 25 heavy (non-hydrogen) atoms. The Morgan fingerprint density at radius 2 is 2.00 bits per heavy atom. The van der Waals surface area contributed by atoms with Gasteiger partial charge in [-0.15, -0.1) is 0 Å². The minimum Gasteiger partial charge on any atom is -0.338 e. The largest absolute Gasteiger partial charge is 0.338 e. The normalized spacial score (nSPS) is 18.9. The van der Waals surface area contributed by atoms with Crippen LogP contribution in [0.2, 0.25) is 0 Å². The molecule has 0 saturated carbocycles. The van der Waals surface area contributed by atoms with Gasteiger partial charge in [-0.05, 0) is 24.5 Å². The number of aromatic nitrogens is 4. The Kier molecular flexibility index (Phi) is 4.33. The molecule has 3 aromatic rings. The van der Waals surface area contributed by atoms with Crippen LogP contribution < -0.4 is 0 Å². The zero-order valence-electron chi connectivity index (χ0n) is 14.0. The van der Waals surface area contributed by atoms with Crippen molar-refractivity contribution in [3.63, 3.8) is 0 Å². The van der Waals surface area contributed by atoms with Gasteiger partial charge in [0.05, 0.1) is 12.4 Å². The van der Waals surface area contributed by atoms with Crippen molar-refractivity contribution in [1.29, 1.82) is 0 Å². The summed E-state index contributed by atoms with van der Waals surface area (Å²) in [6.45, 7) is 1.49. The number of rotatable bonds is 4. The molecule has 1 saturated heterocycles. The summed E-state index contributed by atoms with van der Waals surface area (Å²) in [7, 11) is 0. The average molecular weight is 335 g/mol. The first kappa shape index (κ1) is 15.6. The fraction of sp³-hybridized carbons (Fsp3) is 0.316. The lowest BCUT2D eigenvalue weighted by Gasteiger charge is -2.35. The fourth-order valence-corrected chi connectivity index (χ4v) is 3.53. The molecule has 2 atom stereocenters. The van der Waals surface area contributed by atoms with Crippen LogP contribution in [0, 0.1) is 0 Å². The maximum absolute atomic E-state index is 13.4. The third kappa shape index (κ3) is 3.20. The molecule has 4 rings (SSSR count). The van der Waals surface area contributed by atoms with E-state index >= 15 is 0 Å². The summed E-state index contributed by atoms with van der Waals surface area (Å²) < 4.78 is 3.85. The van der Waals surface area contributed by atoms with E-state index in [0.29, 0.717) is 6.54 Å². The number of carbonyl (C=O) groups excluding carboxylic acids is 1. The van der Waals surface area contributed by atoms with E-state index in [9.17, 15) is 4.79 Å². The molecule has 1 aliphatic heterocycles. The quantitative estimate of drug-likeness (QED) is 0.736. The number of benzene rings is 1. The van der Waals surface area contributed by atoms with Gasteiger partial charge in [0.25, 0.3) is 5.91 Å². The summed E-state index contributed by atoms with van der Waals surface area (Å²) in [4.78, 5) is 19.5. The predicted octanol–water partition coefficient (Wildman–Crippen LogP) is 2.53. The van der Waals surface area contributed by atoms with Crippen LogP contribution >= 0.6 is 0 Å². The highest BCUT2D eigenvalue weighted by molar-refractivity contribution is 5.83. The van der Waals surface area contributed by atoms with Crippen molar-refractivity contribution in [3.05, 3.63) is 73.1 Å². The van der Waals surface area contributed by atoms with Gasteiger partial charge in [0.15, 0.2) is 6.04 Å². The molecule has 1 amide bonds. The Morgan fingerprint density at radius 1 is 1.12 bits per heavy atom. The molecule has 6 heteroatoms. The van der Waals surface area contributed by atoms with Crippen LogP contribution in [0.15, 0.2) is 67.5 Å².